The van der Waals surface area contributed by atoms with Gasteiger partial charge >= 0.3 is 0 Å². The minimum atomic E-state index is 0.0451. The summed E-state index contributed by atoms with van der Waals surface area (Å²) in [7, 11) is 0. The number of carbonyl (C=O) groups is 1. The molecule has 1 saturated heterocycles. The van der Waals surface area contributed by atoms with Crippen molar-refractivity contribution < 1.29 is 4.79 Å². The van der Waals surface area contributed by atoms with Gasteiger partial charge in [-0.1, -0.05) is 43.7 Å². The molecule has 0 aliphatic carbocycles. The van der Waals surface area contributed by atoms with Crippen molar-refractivity contribution in [3.63, 3.8) is 0 Å². The summed E-state index contributed by atoms with van der Waals surface area (Å²) in [5, 5.41) is 3.15. The molecule has 1 atom stereocenters. The number of carbonyl (C=O) groups excluding carboxylic acids is 1. The van der Waals surface area contributed by atoms with Crippen LogP contribution in [0.5, 0.6) is 0 Å². The van der Waals surface area contributed by atoms with Crippen LogP contribution in [0.2, 0.25) is 0 Å². The number of amides is 1. The van der Waals surface area contributed by atoms with Crippen molar-refractivity contribution in [3.8, 4) is 0 Å². The Morgan fingerprint density at radius 1 is 1.13 bits per heavy atom. The highest BCUT2D eigenvalue weighted by atomic mass is 32.2. The van der Waals surface area contributed by atoms with Gasteiger partial charge in [-0.2, -0.15) is 0 Å². The molecule has 166 valence electrons. The topological polar surface area (TPSA) is 35.6 Å². The molecular weight excluding hydrogens is 402 g/mol. The van der Waals surface area contributed by atoms with Crippen molar-refractivity contribution in [1.82, 2.24) is 10.2 Å². The molecule has 4 nitrogen and oxygen atoms in total. The second-order valence-electron chi connectivity index (χ2n) is 8.64. The number of thioether (sulfide) groups is 1. The van der Waals surface area contributed by atoms with E-state index in [-0.39, 0.29) is 5.91 Å². The molecule has 2 aromatic rings. The third-order valence-corrected chi connectivity index (χ3v) is 7.57. The first kappa shape index (κ1) is 22.2. The van der Waals surface area contributed by atoms with Crippen molar-refractivity contribution in [1.29, 1.82) is 0 Å². The number of nitrogens with zero attached hydrogens (tertiary/aromatic N) is 2. The van der Waals surface area contributed by atoms with Gasteiger partial charge in [-0.05, 0) is 56.0 Å². The highest BCUT2D eigenvalue weighted by Gasteiger charge is 2.21. The molecule has 2 heterocycles. The summed E-state index contributed by atoms with van der Waals surface area (Å²) < 4.78 is 0. The SMILES string of the molecule is CC[C@H]1CCCCN1CCCNC(=O)c1ccc2c(c1)N(Cc1ccccc1)CCS2. The number of nitrogens with one attached hydrogen (secondary N) is 1. The first-order chi connectivity index (χ1) is 15.2. The van der Waals surface area contributed by atoms with Crippen LogP contribution in [0, 0.1) is 0 Å². The Hall–Kier alpha value is -1.98. The monoisotopic (exact) mass is 437 g/mol. The highest BCUT2D eigenvalue weighted by Crippen LogP contribution is 2.36. The minimum Gasteiger partial charge on any atom is -0.365 e. The predicted molar refractivity (Wildman–Crippen MR) is 131 cm³/mol. The second-order valence-corrected chi connectivity index (χ2v) is 9.78. The van der Waals surface area contributed by atoms with Gasteiger partial charge in [0.1, 0.15) is 0 Å². The van der Waals surface area contributed by atoms with Crippen LogP contribution in [0.25, 0.3) is 0 Å². The summed E-state index contributed by atoms with van der Waals surface area (Å²) >= 11 is 1.88. The number of rotatable bonds is 8. The number of hydrogen-bond donors (Lipinski definition) is 1. The van der Waals surface area contributed by atoms with E-state index in [9.17, 15) is 4.79 Å². The lowest BCUT2D eigenvalue weighted by atomic mass is 10.00. The fraction of sp³-hybridized carbons (Fsp3) is 0.500. The maximum Gasteiger partial charge on any atom is 0.251 e. The van der Waals surface area contributed by atoms with Crippen molar-refractivity contribution in [3.05, 3.63) is 59.7 Å². The Morgan fingerprint density at radius 2 is 2.00 bits per heavy atom. The molecule has 0 radical (unpaired) electrons. The van der Waals surface area contributed by atoms with E-state index in [1.807, 2.05) is 17.8 Å². The van der Waals surface area contributed by atoms with Crippen LogP contribution < -0.4 is 10.2 Å². The molecule has 1 N–H and O–H groups in total. The van der Waals surface area contributed by atoms with Crippen LogP contribution in [0.1, 0.15) is 54.9 Å². The molecule has 2 aliphatic rings. The lowest BCUT2D eigenvalue weighted by molar-refractivity contribution is 0.0947. The fourth-order valence-electron chi connectivity index (χ4n) is 4.78. The standard InChI is InChI=1S/C26H35N3OS/c1-2-23-11-6-7-15-28(23)16-8-14-27-26(30)22-12-13-25-24(19-22)29(17-18-31-25)20-21-9-4-3-5-10-21/h3-5,9-10,12-13,19,23H,2,6-8,11,14-18,20H2,1H3,(H,27,30)/t23-/m0/s1. The summed E-state index contributed by atoms with van der Waals surface area (Å²) in [5.74, 6) is 1.13. The zero-order valence-electron chi connectivity index (χ0n) is 18.7. The molecule has 4 rings (SSSR count). The van der Waals surface area contributed by atoms with Gasteiger partial charge in [0.2, 0.25) is 0 Å². The molecule has 2 aliphatic heterocycles. The molecule has 0 aromatic heterocycles. The second kappa shape index (κ2) is 11.1. The summed E-state index contributed by atoms with van der Waals surface area (Å²) in [6, 6.07) is 17.5. The van der Waals surface area contributed by atoms with Gasteiger partial charge in [0.15, 0.2) is 0 Å². The molecule has 1 fully saturated rings. The lowest BCUT2D eigenvalue weighted by Crippen LogP contribution is -2.40. The third kappa shape index (κ3) is 5.83. The molecule has 31 heavy (non-hydrogen) atoms. The first-order valence-electron chi connectivity index (χ1n) is 11.8. The van der Waals surface area contributed by atoms with Gasteiger partial charge < -0.3 is 15.1 Å². The van der Waals surface area contributed by atoms with Gasteiger partial charge in [-0.15, -0.1) is 11.8 Å². The van der Waals surface area contributed by atoms with Gasteiger partial charge in [-0.3, -0.25) is 4.79 Å². The van der Waals surface area contributed by atoms with E-state index in [0.717, 1.165) is 50.0 Å². The van der Waals surface area contributed by atoms with E-state index >= 15 is 0 Å². The van der Waals surface area contributed by atoms with E-state index in [1.165, 1.54) is 48.4 Å². The lowest BCUT2D eigenvalue weighted by Gasteiger charge is -2.35. The third-order valence-electron chi connectivity index (χ3n) is 6.52. The maximum absolute atomic E-state index is 12.8. The largest absolute Gasteiger partial charge is 0.365 e. The fourth-order valence-corrected chi connectivity index (χ4v) is 5.82. The highest BCUT2D eigenvalue weighted by molar-refractivity contribution is 7.99. The average molecular weight is 438 g/mol. The van der Waals surface area contributed by atoms with Gasteiger partial charge in [0, 0.05) is 48.4 Å². The Balaban J connectivity index is 1.33. The maximum atomic E-state index is 12.8. The molecule has 0 saturated carbocycles. The van der Waals surface area contributed by atoms with Crippen LogP contribution in [0.4, 0.5) is 5.69 Å². The van der Waals surface area contributed by atoms with Crippen LogP contribution in [0.3, 0.4) is 0 Å². The zero-order valence-corrected chi connectivity index (χ0v) is 19.5. The Labute approximate surface area is 191 Å². The number of anilines is 1. The number of fused-ring (bicyclic) bond motifs is 1. The van der Waals surface area contributed by atoms with Crippen LogP contribution >= 0.6 is 11.8 Å². The quantitative estimate of drug-likeness (QED) is 0.577. The smallest absolute Gasteiger partial charge is 0.251 e. The molecule has 0 bridgehead atoms. The molecule has 5 heteroatoms. The summed E-state index contributed by atoms with van der Waals surface area (Å²) in [5.41, 5.74) is 3.26. The normalized spacial score (nSPS) is 19.1. The molecule has 0 spiro atoms. The van der Waals surface area contributed by atoms with Crippen molar-refractivity contribution in [2.24, 2.45) is 0 Å². The van der Waals surface area contributed by atoms with Crippen LogP contribution in [0.15, 0.2) is 53.4 Å². The van der Waals surface area contributed by atoms with Crippen molar-refractivity contribution >= 4 is 23.4 Å². The number of hydrogen-bond acceptors (Lipinski definition) is 4. The number of likely N-dealkylation sites (tertiary alicyclic amines) is 1. The predicted octanol–water partition coefficient (Wildman–Crippen LogP) is 5.18. The molecular formula is C26H35N3OS. The Kier molecular flexibility index (Phi) is 7.92. The summed E-state index contributed by atoms with van der Waals surface area (Å²) in [6.07, 6.45) is 6.26. The Bertz CT molecular complexity index is 857. The van der Waals surface area contributed by atoms with E-state index in [1.54, 1.807) is 0 Å². The molecule has 0 unspecified atom stereocenters. The van der Waals surface area contributed by atoms with Gasteiger partial charge in [0.05, 0.1) is 5.69 Å². The van der Waals surface area contributed by atoms with E-state index < -0.39 is 0 Å². The van der Waals surface area contributed by atoms with Crippen LogP contribution in [-0.2, 0) is 6.54 Å². The van der Waals surface area contributed by atoms with E-state index in [2.05, 4.69) is 64.5 Å². The van der Waals surface area contributed by atoms with Gasteiger partial charge in [0.25, 0.3) is 5.91 Å². The van der Waals surface area contributed by atoms with E-state index in [4.69, 9.17) is 0 Å². The van der Waals surface area contributed by atoms with Crippen molar-refractivity contribution in [2.45, 2.75) is 56.5 Å². The molecule has 2 aromatic carbocycles. The van der Waals surface area contributed by atoms with Crippen molar-refractivity contribution in [2.75, 3.05) is 36.8 Å². The van der Waals surface area contributed by atoms with Gasteiger partial charge in [-0.25, -0.2) is 0 Å². The average Bonchev–Trinajstić information content (AvgIpc) is 2.82. The Morgan fingerprint density at radius 3 is 2.84 bits per heavy atom. The number of benzene rings is 2. The molecule has 1 amide bonds. The zero-order chi connectivity index (χ0) is 21.5. The minimum absolute atomic E-state index is 0.0451. The van der Waals surface area contributed by atoms with Crippen LogP contribution in [-0.4, -0.2) is 48.8 Å². The summed E-state index contributed by atoms with van der Waals surface area (Å²) in [6.45, 7) is 7.22. The number of piperidine rings is 1. The van der Waals surface area contributed by atoms with E-state index in [0.29, 0.717) is 0 Å². The summed E-state index contributed by atoms with van der Waals surface area (Å²) in [4.78, 5) is 19.1. The first-order valence-corrected chi connectivity index (χ1v) is 12.8.